The molecule has 0 unspecified atom stereocenters. The molecule has 0 aliphatic rings. The van der Waals surface area contributed by atoms with Gasteiger partial charge in [0.2, 0.25) is 5.91 Å². The summed E-state index contributed by atoms with van der Waals surface area (Å²) in [5.41, 5.74) is 7.82. The van der Waals surface area contributed by atoms with E-state index in [4.69, 9.17) is 14.8 Å². The molecule has 0 aliphatic carbocycles. The highest BCUT2D eigenvalue weighted by Crippen LogP contribution is 2.29. The van der Waals surface area contributed by atoms with Crippen molar-refractivity contribution in [2.45, 2.75) is 33.6 Å². The molecule has 0 radical (unpaired) electrons. The summed E-state index contributed by atoms with van der Waals surface area (Å²) >= 11 is 0. The third-order valence-electron chi connectivity index (χ3n) is 5.76. The molecule has 7 nitrogen and oxygen atoms in total. The number of methoxy groups -OCH3 is 1. The lowest BCUT2D eigenvalue weighted by molar-refractivity contribution is -0.116. The number of carbonyl (C=O) groups excluding carboxylic acids is 2. The summed E-state index contributed by atoms with van der Waals surface area (Å²) < 4.78 is 6.57. The van der Waals surface area contributed by atoms with Gasteiger partial charge in [-0.05, 0) is 62.6 Å². The molecule has 33 heavy (non-hydrogen) atoms. The average Bonchev–Trinajstić information content (AvgIpc) is 3.15. The molecule has 0 saturated heterocycles. The van der Waals surface area contributed by atoms with E-state index in [0.717, 1.165) is 39.4 Å². The number of rotatable bonds is 6. The maximum Gasteiger partial charge on any atom is 0.337 e. The predicted molar refractivity (Wildman–Crippen MR) is 127 cm³/mol. The normalized spacial score (nSPS) is 10.9. The van der Waals surface area contributed by atoms with Crippen LogP contribution < -0.4 is 5.32 Å². The van der Waals surface area contributed by atoms with E-state index in [-0.39, 0.29) is 5.91 Å². The SMILES string of the molecule is COC(=O)c1ccc(NC(=O)CCc2c(C)nc3c(-c4ccccc4)c(C)nn3c2C)cc1. The third kappa shape index (κ3) is 4.48. The van der Waals surface area contributed by atoms with Crippen LogP contribution in [0, 0.1) is 20.8 Å². The summed E-state index contributed by atoms with van der Waals surface area (Å²) in [6, 6.07) is 16.7. The molecule has 0 atom stereocenters. The highest BCUT2D eigenvalue weighted by Gasteiger charge is 2.18. The van der Waals surface area contributed by atoms with Gasteiger partial charge in [-0.25, -0.2) is 14.3 Å². The van der Waals surface area contributed by atoms with E-state index in [1.807, 2.05) is 43.5 Å². The van der Waals surface area contributed by atoms with Crippen LogP contribution in [0.1, 0.15) is 39.4 Å². The van der Waals surface area contributed by atoms with Crippen LogP contribution in [0.3, 0.4) is 0 Å². The zero-order valence-corrected chi connectivity index (χ0v) is 19.2. The molecule has 0 saturated carbocycles. The third-order valence-corrected chi connectivity index (χ3v) is 5.76. The number of amides is 1. The summed E-state index contributed by atoms with van der Waals surface area (Å²) in [4.78, 5) is 28.9. The quantitative estimate of drug-likeness (QED) is 0.438. The first-order valence-electron chi connectivity index (χ1n) is 10.8. The summed E-state index contributed by atoms with van der Waals surface area (Å²) in [7, 11) is 1.33. The van der Waals surface area contributed by atoms with Crippen molar-refractivity contribution in [3.63, 3.8) is 0 Å². The van der Waals surface area contributed by atoms with Gasteiger partial charge in [-0.15, -0.1) is 0 Å². The van der Waals surface area contributed by atoms with Gasteiger partial charge < -0.3 is 10.1 Å². The van der Waals surface area contributed by atoms with Gasteiger partial charge in [-0.3, -0.25) is 4.79 Å². The van der Waals surface area contributed by atoms with E-state index in [1.165, 1.54) is 7.11 Å². The van der Waals surface area contributed by atoms with Crippen molar-refractivity contribution >= 4 is 23.2 Å². The number of fused-ring (bicyclic) bond motifs is 1. The average molecular weight is 443 g/mol. The molecular formula is C26H26N4O3. The number of nitrogens with zero attached hydrogens (tertiary/aromatic N) is 3. The Balaban J connectivity index is 1.52. The standard InChI is InChI=1S/C26H26N4O3/c1-16-22(14-15-23(31)28-21-12-10-20(11-13-21)26(32)33-4)18(3)30-25(27-16)24(17(2)29-30)19-8-6-5-7-9-19/h5-13H,14-15H2,1-4H3,(H,28,31). The molecule has 2 aromatic heterocycles. The topological polar surface area (TPSA) is 85.6 Å². The van der Waals surface area contributed by atoms with Crippen molar-refractivity contribution < 1.29 is 14.3 Å². The lowest BCUT2D eigenvalue weighted by atomic mass is 10.0. The lowest BCUT2D eigenvalue weighted by Gasteiger charge is -2.12. The van der Waals surface area contributed by atoms with Crippen molar-refractivity contribution in [2.24, 2.45) is 0 Å². The highest BCUT2D eigenvalue weighted by molar-refractivity contribution is 5.93. The smallest absolute Gasteiger partial charge is 0.337 e. The number of aromatic nitrogens is 3. The summed E-state index contributed by atoms with van der Waals surface area (Å²) in [5, 5.41) is 7.60. The van der Waals surface area contributed by atoms with Crippen molar-refractivity contribution in [3.05, 3.63) is 82.8 Å². The van der Waals surface area contributed by atoms with Gasteiger partial charge >= 0.3 is 5.97 Å². The predicted octanol–water partition coefficient (Wildman–Crippen LogP) is 4.68. The van der Waals surface area contributed by atoms with Crippen LogP contribution in [0.2, 0.25) is 0 Å². The fourth-order valence-electron chi connectivity index (χ4n) is 4.04. The number of ether oxygens (including phenoxy) is 1. The van der Waals surface area contributed by atoms with Crippen LogP contribution >= 0.6 is 0 Å². The Bertz CT molecular complexity index is 1330. The van der Waals surface area contributed by atoms with Gasteiger partial charge in [0.15, 0.2) is 5.65 Å². The summed E-state index contributed by atoms with van der Waals surface area (Å²) in [5.74, 6) is -0.521. The van der Waals surface area contributed by atoms with E-state index < -0.39 is 5.97 Å². The molecule has 1 N–H and O–H groups in total. The van der Waals surface area contributed by atoms with Crippen LogP contribution in [0.15, 0.2) is 54.6 Å². The summed E-state index contributed by atoms with van der Waals surface area (Å²) in [6.07, 6.45) is 0.853. The first kappa shape index (κ1) is 22.2. The Labute approximate surface area is 192 Å². The van der Waals surface area contributed by atoms with Crippen LogP contribution in [0.25, 0.3) is 16.8 Å². The van der Waals surface area contributed by atoms with Crippen molar-refractivity contribution in [1.29, 1.82) is 0 Å². The Morgan fingerprint density at radius 1 is 0.970 bits per heavy atom. The summed E-state index contributed by atoms with van der Waals surface area (Å²) in [6.45, 7) is 5.98. The van der Waals surface area contributed by atoms with E-state index in [1.54, 1.807) is 24.3 Å². The second-order valence-electron chi connectivity index (χ2n) is 7.94. The van der Waals surface area contributed by atoms with Crippen LogP contribution in [0.4, 0.5) is 5.69 Å². The van der Waals surface area contributed by atoms with Crippen molar-refractivity contribution in [1.82, 2.24) is 14.6 Å². The van der Waals surface area contributed by atoms with Crippen LogP contribution in [-0.2, 0) is 16.0 Å². The number of aryl methyl sites for hydroxylation is 3. The Kier molecular flexibility index (Phi) is 6.22. The molecule has 0 bridgehead atoms. The first-order chi connectivity index (χ1) is 15.9. The number of carbonyl (C=O) groups is 2. The lowest BCUT2D eigenvalue weighted by Crippen LogP contribution is -2.14. The minimum Gasteiger partial charge on any atom is -0.465 e. The van der Waals surface area contributed by atoms with E-state index in [2.05, 4.69) is 17.4 Å². The minimum atomic E-state index is -0.411. The number of hydrogen-bond donors (Lipinski definition) is 1. The van der Waals surface area contributed by atoms with Crippen molar-refractivity contribution in [3.8, 4) is 11.1 Å². The van der Waals surface area contributed by atoms with Gasteiger partial charge in [0.1, 0.15) is 0 Å². The fraction of sp³-hybridized carbons (Fsp3) is 0.231. The van der Waals surface area contributed by atoms with E-state index in [0.29, 0.717) is 24.1 Å². The Morgan fingerprint density at radius 3 is 2.33 bits per heavy atom. The monoisotopic (exact) mass is 442 g/mol. The minimum absolute atomic E-state index is 0.110. The molecule has 168 valence electrons. The number of nitrogens with one attached hydrogen (secondary N) is 1. The molecule has 7 heteroatoms. The zero-order valence-electron chi connectivity index (χ0n) is 19.2. The first-order valence-corrected chi connectivity index (χ1v) is 10.8. The Morgan fingerprint density at radius 2 is 1.67 bits per heavy atom. The number of esters is 1. The molecule has 1 amide bonds. The number of benzene rings is 2. The number of anilines is 1. The largest absolute Gasteiger partial charge is 0.465 e. The molecule has 0 fully saturated rings. The van der Waals surface area contributed by atoms with Gasteiger partial charge in [-0.1, -0.05) is 30.3 Å². The molecule has 0 spiro atoms. The molecule has 2 aromatic carbocycles. The second-order valence-corrected chi connectivity index (χ2v) is 7.94. The molecule has 2 heterocycles. The maximum atomic E-state index is 12.5. The zero-order chi connectivity index (χ0) is 23.5. The van der Waals surface area contributed by atoms with Gasteiger partial charge in [0.05, 0.1) is 18.4 Å². The Hall–Kier alpha value is -4.00. The van der Waals surface area contributed by atoms with Crippen LogP contribution in [0.5, 0.6) is 0 Å². The van der Waals surface area contributed by atoms with Crippen molar-refractivity contribution in [2.75, 3.05) is 12.4 Å². The maximum absolute atomic E-state index is 12.5. The molecular weight excluding hydrogens is 416 g/mol. The van der Waals surface area contributed by atoms with Gasteiger partial charge in [0, 0.05) is 29.1 Å². The van der Waals surface area contributed by atoms with E-state index >= 15 is 0 Å². The highest BCUT2D eigenvalue weighted by atomic mass is 16.5. The molecule has 4 rings (SSSR count). The molecule has 4 aromatic rings. The van der Waals surface area contributed by atoms with E-state index in [9.17, 15) is 9.59 Å². The number of hydrogen-bond acceptors (Lipinski definition) is 5. The van der Waals surface area contributed by atoms with Gasteiger partial charge in [0.25, 0.3) is 0 Å². The van der Waals surface area contributed by atoms with Crippen LogP contribution in [-0.4, -0.2) is 33.6 Å². The molecule has 0 aliphatic heterocycles. The fourth-order valence-corrected chi connectivity index (χ4v) is 4.04. The van der Waals surface area contributed by atoms with Gasteiger partial charge in [-0.2, -0.15) is 5.10 Å². The second kappa shape index (κ2) is 9.24.